The summed E-state index contributed by atoms with van der Waals surface area (Å²) < 4.78 is 5.57. The third kappa shape index (κ3) is 3.25. The van der Waals surface area contributed by atoms with Gasteiger partial charge in [-0.1, -0.05) is 20.8 Å². The van der Waals surface area contributed by atoms with E-state index in [1.54, 1.807) is 0 Å². The standard InChI is InChI=1S/C12H25NO/c1-5-8-13-10-6-7-12(2,3)9-11(10)14-4/h10-11,13H,5-9H2,1-4H3. The molecule has 1 saturated carbocycles. The third-order valence-corrected chi connectivity index (χ3v) is 3.29. The molecule has 0 amide bonds. The monoisotopic (exact) mass is 199 g/mol. The van der Waals surface area contributed by atoms with Crippen molar-refractivity contribution in [1.82, 2.24) is 5.32 Å². The molecule has 0 radical (unpaired) electrons. The van der Waals surface area contributed by atoms with Gasteiger partial charge in [0.05, 0.1) is 6.10 Å². The van der Waals surface area contributed by atoms with Gasteiger partial charge in [0.15, 0.2) is 0 Å². The molecule has 0 heterocycles. The molecule has 0 aromatic rings. The molecule has 1 rings (SSSR count). The zero-order valence-electron chi connectivity index (χ0n) is 10.1. The molecule has 2 atom stereocenters. The number of rotatable bonds is 4. The Morgan fingerprint density at radius 1 is 1.43 bits per heavy atom. The first-order valence-electron chi connectivity index (χ1n) is 5.85. The Kier molecular flexibility index (Phi) is 4.39. The summed E-state index contributed by atoms with van der Waals surface area (Å²) in [7, 11) is 1.84. The van der Waals surface area contributed by atoms with E-state index in [1.165, 1.54) is 25.7 Å². The minimum absolute atomic E-state index is 0.408. The van der Waals surface area contributed by atoms with Crippen LogP contribution in [-0.4, -0.2) is 25.8 Å². The highest BCUT2D eigenvalue weighted by molar-refractivity contribution is 4.89. The number of methoxy groups -OCH3 is 1. The molecule has 1 aliphatic rings. The van der Waals surface area contributed by atoms with Crippen LogP contribution in [0.25, 0.3) is 0 Å². The summed E-state index contributed by atoms with van der Waals surface area (Å²) in [5.74, 6) is 0. The van der Waals surface area contributed by atoms with Gasteiger partial charge in [-0.05, 0) is 37.6 Å². The molecule has 0 spiro atoms. The number of ether oxygens (including phenoxy) is 1. The zero-order valence-corrected chi connectivity index (χ0v) is 10.1. The second-order valence-corrected chi connectivity index (χ2v) is 5.24. The summed E-state index contributed by atoms with van der Waals surface area (Å²) in [6.07, 6.45) is 5.37. The number of hydrogen-bond acceptors (Lipinski definition) is 2. The van der Waals surface area contributed by atoms with E-state index in [0.717, 1.165) is 6.54 Å². The Labute approximate surface area is 88.4 Å². The van der Waals surface area contributed by atoms with Gasteiger partial charge in [-0.3, -0.25) is 0 Å². The predicted octanol–water partition coefficient (Wildman–Crippen LogP) is 2.58. The van der Waals surface area contributed by atoms with Crippen molar-refractivity contribution in [3.63, 3.8) is 0 Å². The average Bonchev–Trinajstić information content (AvgIpc) is 2.15. The fraction of sp³-hybridized carbons (Fsp3) is 1.00. The maximum Gasteiger partial charge on any atom is 0.0729 e. The van der Waals surface area contributed by atoms with Gasteiger partial charge in [-0.25, -0.2) is 0 Å². The first kappa shape index (κ1) is 12.0. The molecule has 1 N–H and O–H groups in total. The van der Waals surface area contributed by atoms with Crippen LogP contribution in [0.1, 0.15) is 46.5 Å². The lowest BCUT2D eigenvalue weighted by Crippen LogP contribution is -2.47. The minimum atomic E-state index is 0.408. The van der Waals surface area contributed by atoms with Gasteiger partial charge in [0.2, 0.25) is 0 Å². The Balaban J connectivity index is 2.44. The molecule has 0 bridgehead atoms. The summed E-state index contributed by atoms with van der Waals surface area (Å²) in [5, 5.41) is 3.59. The first-order valence-corrected chi connectivity index (χ1v) is 5.85. The Bertz CT molecular complexity index is 168. The zero-order chi connectivity index (χ0) is 10.6. The van der Waals surface area contributed by atoms with Crippen molar-refractivity contribution in [1.29, 1.82) is 0 Å². The molecular weight excluding hydrogens is 174 g/mol. The van der Waals surface area contributed by atoms with Crippen LogP contribution in [0.15, 0.2) is 0 Å². The van der Waals surface area contributed by atoms with E-state index in [1.807, 2.05) is 7.11 Å². The van der Waals surface area contributed by atoms with E-state index >= 15 is 0 Å². The molecule has 2 heteroatoms. The van der Waals surface area contributed by atoms with Gasteiger partial charge < -0.3 is 10.1 Å². The van der Waals surface area contributed by atoms with Crippen LogP contribution >= 0.6 is 0 Å². The Hall–Kier alpha value is -0.0800. The summed E-state index contributed by atoms with van der Waals surface area (Å²) in [4.78, 5) is 0. The summed E-state index contributed by atoms with van der Waals surface area (Å²) in [6, 6.07) is 0.577. The van der Waals surface area contributed by atoms with E-state index in [-0.39, 0.29) is 0 Å². The van der Waals surface area contributed by atoms with Crippen LogP contribution in [0.3, 0.4) is 0 Å². The van der Waals surface area contributed by atoms with Crippen LogP contribution in [0.5, 0.6) is 0 Å². The minimum Gasteiger partial charge on any atom is -0.380 e. The van der Waals surface area contributed by atoms with E-state index in [2.05, 4.69) is 26.1 Å². The number of hydrogen-bond donors (Lipinski definition) is 1. The molecular formula is C12H25NO. The largest absolute Gasteiger partial charge is 0.380 e. The van der Waals surface area contributed by atoms with Crippen molar-refractivity contribution in [3.05, 3.63) is 0 Å². The second kappa shape index (κ2) is 5.13. The summed E-state index contributed by atoms with van der Waals surface area (Å²) >= 11 is 0. The van der Waals surface area contributed by atoms with E-state index in [9.17, 15) is 0 Å². The summed E-state index contributed by atoms with van der Waals surface area (Å²) in [6.45, 7) is 8.01. The first-order chi connectivity index (χ1) is 6.59. The smallest absolute Gasteiger partial charge is 0.0729 e. The highest BCUT2D eigenvalue weighted by Gasteiger charge is 2.34. The van der Waals surface area contributed by atoms with Crippen LogP contribution < -0.4 is 5.32 Å². The van der Waals surface area contributed by atoms with E-state index < -0.39 is 0 Å². The van der Waals surface area contributed by atoms with Gasteiger partial charge in [-0.2, -0.15) is 0 Å². The second-order valence-electron chi connectivity index (χ2n) is 5.24. The van der Waals surface area contributed by atoms with Gasteiger partial charge in [0, 0.05) is 13.2 Å². The molecule has 84 valence electrons. The summed E-state index contributed by atoms with van der Waals surface area (Å²) in [5.41, 5.74) is 0.463. The van der Waals surface area contributed by atoms with E-state index in [0.29, 0.717) is 17.6 Å². The Morgan fingerprint density at radius 3 is 2.71 bits per heavy atom. The molecule has 0 aromatic carbocycles. The SMILES string of the molecule is CCCNC1CCC(C)(C)CC1OC. The topological polar surface area (TPSA) is 21.3 Å². The van der Waals surface area contributed by atoms with Crippen molar-refractivity contribution in [2.75, 3.05) is 13.7 Å². The molecule has 2 nitrogen and oxygen atoms in total. The van der Waals surface area contributed by atoms with Crippen LogP contribution in [-0.2, 0) is 4.74 Å². The van der Waals surface area contributed by atoms with Crippen molar-refractivity contribution in [3.8, 4) is 0 Å². The van der Waals surface area contributed by atoms with Gasteiger partial charge in [0.1, 0.15) is 0 Å². The maximum atomic E-state index is 5.57. The van der Waals surface area contributed by atoms with Crippen molar-refractivity contribution in [2.45, 2.75) is 58.6 Å². The molecule has 1 fully saturated rings. The van der Waals surface area contributed by atoms with Crippen LogP contribution in [0.4, 0.5) is 0 Å². The molecule has 2 unspecified atom stereocenters. The lowest BCUT2D eigenvalue weighted by Gasteiger charge is -2.40. The van der Waals surface area contributed by atoms with Crippen molar-refractivity contribution >= 4 is 0 Å². The normalized spacial score (nSPS) is 31.7. The highest BCUT2D eigenvalue weighted by Crippen LogP contribution is 2.36. The van der Waals surface area contributed by atoms with Crippen LogP contribution in [0, 0.1) is 5.41 Å². The van der Waals surface area contributed by atoms with Gasteiger partial charge in [-0.15, -0.1) is 0 Å². The maximum absolute atomic E-state index is 5.57. The van der Waals surface area contributed by atoms with Gasteiger partial charge >= 0.3 is 0 Å². The fourth-order valence-corrected chi connectivity index (χ4v) is 2.33. The van der Waals surface area contributed by atoms with E-state index in [4.69, 9.17) is 4.74 Å². The number of nitrogens with one attached hydrogen (secondary N) is 1. The highest BCUT2D eigenvalue weighted by atomic mass is 16.5. The molecule has 0 aliphatic heterocycles. The lowest BCUT2D eigenvalue weighted by atomic mass is 9.74. The molecule has 14 heavy (non-hydrogen) atoms. The molecule has 1 aliphatic carbocycles. The predicted molar refractivity (Wildman–Crippen MR) is 60.5 cm³/mol. The Morgan fingerprint density at radius 2 is 2.14 bits per heavy atom. The lowest BCUT2D eigenvalue weighted by molar-refractivity contribution is 0.0000550. The quantitative estimate of drug-likeness (QED) is 0.751. The van der Waals surface area contributed by atoms with Crippen molar-refractivity contribution in [2.24, 2.45) is 5.41 Å². The van der Waals surface area contributed by atoms with Gasteiger partial charge in [0.25, 0.3) is 0 Å². The fourth-order valence-electron chi connectivity index (χ4n) is 2.33. The average molecular weight is 199 g/mol. The third-order valence-electron chi connectivity index (χ3n) is 3.29. The van der Waals surface area contributed by atoms with Crippen molar-refractivity contribution < 1.29 is 4.74 Å². The molecule has 0 saturated heterocycles. The molecule has 0 aromatic heterocycles. The van der Waals surface area contributed by atoms with Crippen LogP contribution in [0.2, 0.25) is 0 Å².